The zero-order valence-corrected chi connectivity index (χ0v) is 14.9. The second-order valence-electron chi connectivity index (χ2n) is 7.07. The maximum absolute atomic E-state index is 3.61. The third kappa shape index (κ3) is 4.23. The zero-order chi connectivity index (χ0) is 14.9. The van der Waals surface area contributed by atoms with E-state index in [1.165, 1.54) is 24.1 Å². The van der Waals surface area contributed by atoms with Crippen molar-refractivity contribution in [1.29, 1.82) is 0 Å². The van der Waals surface area contributed by atoms with Gasteiger partial charge >= 0.3 is 0 Å². The van der Waals surface area contributed by atoms with Gasteiger partial charge in [-0.2, -0.15) is 0 Å². The summed E-state index contributed by atoms with van der Waals surface area (Å²) in [6.45, 7) is 9.89. The van der Waals surface area contributed by atoms with Gasteiger partial charge in [0.1, 0.15) is 0 Å². The van der Waals surface area contributed by atoms with Crippen LogP contribution in [-0.2, 0) is 6.54 Å². The molecule has 0 amide bonds. The summed E-state index contributed by atoms with van der Waals surface area (Å²) in [6, 6.07) is 7.24. The molecule has 3 heteroatoms. The van der Waals surface area contributed by atoms with E-state index in [1.54, 1.807) is 0 Å². The first-order valence-electron chi connectivity index (χ1n) is 7.54. The van der Waals surface area contributed by atoms with E-state index in [2.05, 4.69) is 79.1 Å². The molecule has 2 rings (SSSR count). The third-order valence-corrected chi connectivity index (χ3v) is 4.64. The molecule has 2 nitrogen and oxygen atoms in total. The highest BCUT2D eigenvalue weighted by Crippen LogP contribution is 2.37. The summed E-state index contributed by atoms with van der Waals surface area (Å²) in [6.07, 6.45) is 2.77. The van der Waals surface area contributed by atoms with Gasteiger partial charge in [0, 0.05) is 35.3 Å². The molecule has 0 aliphatic heterocycles. The smallest absolute Gasteiger partial charge is 0.0423 e. The molecule has 1 aliphatic carbocycles. The topological polar surface area (TPSA) is 15.3 Å². The molecule has 1 fully saturated rings. The van der Waals surface area contributed by atoms with Crippen molar-refractivity contribution in [2.45, 2.75) is 58.7 Å². The molecule has 1 aromatic rings. The molecular weight excluding hydrogens is 312 g/mol. The number of hydrogen-bond donors (Lipinski definition) is 1. The minimum absolute atomic E-state index is 0.144. The van der Waals surface area contributed by atoms with Gasteiger partial charge in [-0.25, -0.2) is 0 Å². The van der Waals surface area contributed by atoms with Gasteiger partial charge in [0.05, 0.1) is 0 Å². The van der Waals surface area contributed by atoms with Gasteiger partial charge in [0.2, 0.25) is 0 Å². The molecule has 0 heterocycles. The number of benzene rings is 1. The Kier molecular flexibility index (Phi) is 4.80. The van der Waals surface area contributed by atoms with Crippen LogP contribution < -0.4 is 10.2 Å². The number of nitrogens with zero attached hydrogens (tertiary/aromatic N) is 1. The molecule has 0 spiro atoms. The number of anilines is 1. The van der Waals surface area contributed by atoms with Crippen LogP contribution in [0.5, 0.6) is 0 Å². The summed E-state index contributed by atoms with van der Waals surface area (Å²) in [4.78, 5) is 2.45. The van der Waals surface area contributed by atoms with E-state index in [4.69, 9.17) is 0 Å². The maximum atomic E-state index is 3.61. The van der Waals surface area contributed by atoms with Crippen LogP contribution in [0, 0.1) is 5.92 Å². The van der Waals surface area contributed by atoms with Gasteiger partial charge in [-0.1, -0.05) is 22.0 Å². The van der Waals surface area contributed by atoms with Gasteiger partial charge in [0.25, 0.3) is 0 Å². The lowest BCUT2D eigenvalue weighted by Gasteiger charge is -2.30. The summed E-state index contributed by atoms with van der Waals surface area (Å²) < 4.78 is 1.15. The predicted octanol–water partition coefficient (Wildman–Crippen LogP) is 4.57. The van der Waals surface area contributed by atoms with E-state index in [0.717, 1.165) is 16.9 Å². The fraction of sp³-hybridized carbons (Fsp3) is 0.647. The summed E-state index contributed by atoms with van der Waals surface area (Å²) >= 11 is 3.61. The van der Waals surface area contributed by atoms with E-state index in [9.17, 15) is 0 Å². The zero-order valence-electron chi connectivity index (χ0n) is 13.3. The highest BCUT2D eigenvalue weighted by atomic mass is 79.9. The monoisotopic (exact) mass is 338 g/mol. The van der Waals surface area contributed by atoms with Crippen LogP contribution in [0.2, 0.25) is 0 Å². The minimum atomic E-state index is 0.144. The van der Waals surface area contributed by atoms with E-state index >= 15 is 0 Å². The Morgan fingerprint density at radius 3 is 2.55 bits per heavy atom. The molecular formula is C17H27BrN2. The Hall–Kier alpha value is -0.540. The van der Waals surface area contributed by atoms with Gasteiger partial charge in [-0.3, -0.25) is 0 Å². The van der Waals surface area contributed by atoms with Gasteiger partial charge < -0.3 is 10.2 Å². The van der Waals surface area contributed by atoms with Crippen LogP contribution in [0.25, 0.3) is 0 Å². The van der Waals surface area contributed by atoms with E-state index < -0.39 is 0 Å². The van der Waals surface area contributed by atoms with Gasteiger partial charge in [-0.05, 0) is 64.2 Å². The Balaban J connectivity index is 2.18. The quantitative estimate of drug-likeness (QED) is 0.845. The normalized spacial score (nSPS) is 17.1. The van der Waals surface area contributed by atoms with Crippen molar-refractivity contribution >= 4 is 21.6 Å². The molecule has 0 aromatic heterocycles. The summed E-state index contributed by atoms with van der Waals surface area (Å²) in [7, 11) is 2.23. The number of rotatable bonds is 5. The molecule has 1 saturated carbocycles. The average Bonchev–Trinajstić information content (AvgIpc) is 3.18. The van der Waals surface area contributed by atoms with Crippen molar-refractivity contribution in [3.8, 4) is 0 Å². The molecule has 1 aromatic carbocycles. The second-order valence-corrected chi connectivity index (χ2v) is 7.98. The standard InChI is InChI=1S/C17H27BrN2/c1-12(13-6-7-13)20(5)16-10-15(18)9-8-14(16)11-19-17(2,3)4/h8-10,12-13,19H,6-7,11H2,1-5H3. The van der Waals surface area contributed by atoms with Crippen LogP contribution in [0.4, 0.5) is 5.69 Å². The minimum Gasteiger partial charge on any atom is -0.371 e. The van der Waals surface area contributed by atoms with E-state index in [-0.39, 0.29) is 5.54 Å². The Morgan fingerprint density at radius 1 is 1.35 bits per heavy atom. The van der Waals surface area contributed by atoms with Crippen LogP contribution in [-0.4, -0.2) is 18.6 Å². The maximum Gasteiger partial charge on any atom is 0.0423 e. The van der Waals surface area contributed by atoms with E-state index in [0.29, 0.717) is 6.04 Å². The number of nitrogens with one attached hydrogen (secondary N) is 1. The van der Waals surface area contributed by atoms with Crippen LogP contribution >= 0.6 is 15.9 Å². The lowest BCUT2D eigenvalue weighted by atomic mass is 10.1. The first-order chi connectivity index (χ1) is 9.28. The Morgan fingerprint density at radius 2 is 2.00 bits per heavy atom. The fourth-order valence-electron chi connectivity index (χ4n) is 2.49. The second kappa shape index (κ2) is 6.07. The fourth-order valence-corrected chi connectivity index (χ4v) is 2.84. The third-order valence-electron chi connectivity index (χ3n) is 4.15. The number of hydrogen-bond acceptors (Lipinski definition) is 2. The summed E-state index contributed by atoms with van der Waals surface area (Å²) in [5.74, 6) is 0.877. The average molecular weight is 339 g/mol. The molecule has 0 saturated heterocycles. The van der Waals surface area contributed by atoms with Crippen molar-refractivity contribution in [1.82, 2.24) is 5.32 Å². The van der Waals surface area contributed by atoms with Crippen molar-refractivity contribution in [3.63, 3.8) is 0 Å². The van der Waals surface area contributed by atoms with Crippen molar-refractivity contribution in [3.05, 3.63) is 28.2 Å². The molecule has 1 aliphatic rings. The Labute approximate surface area is 132 Å². The molecule has 0 bridgehead atoms. The number of halogens is 1. The van der Waals surface area contributed by atoms with E-state index in [1.807, 2.05) is 0 Å². The van der Waals surface area contributed by atoms with Crippen LogP contribution in [0.1, 0.15) is 46.1 Å². The highest BCUT2D eigenvalue weighted by molar-refractivity contribution is 9.10. The first kappa shape index (κ1) is 15.8. The molecule has 0 radical (unpaired) electrons. The van der Waals surface area contributed by atoms with Crippen LogP contribution in [0.15, 0.2) is 22.7 Å². The summed E-state index contributed by atoms with van der Waals surface area (Å²) in [5.41, 5.74) is 2.86. The molecule has 1 unspecified atom stereocenters. The Bertz CT molecular complexity index is 461. The largest absolute Gasteiger partial charge is 0.371 e. The van der Waals surface area contributed by atoms with Crippen molar-refractivity contribution in [2.24, 2.45) is 5.92 Å². The lowest BCUT2D eigenvalue weighted by molar-refractivity contribution is 0.424. The predicted molar refractivity (Wildman–Crippen MR) is 91.3 cm³/mol. The lowest BCUT2D eigenvalue weighted by Crippen LogP contribution is -2.36. The molecule has 112 valence electrons. The molecule has 1 atom stereocenters. The molecule has 1 N–H and O–H groups in total. The summed E-state index contributed by atoms with van der Waals surface area (Å²) in [5, 5.41) is 3.59. The highest BCUT2D eigenvalue weighted by Gasteiger charge is 2.31. The van der Waals surface area contributed by atoms with Gasteiger partial charge in [-0.15, -0.1) is 0 Å². The van der Waals surface area contributed by atoms with Crippen molar-refractivity contribution in [2.75, 3.05) is 11.9 Å². The van der Waals surface area contributed by atoms with Crippen LogP contribution in [0.3, 0.4) is 0 Å². The molecule has 20 heavy (non-hydrogen) atoms. The first-order valence-corrected chi connectivity index (χ1v) is 8.33. The van der Waals surface area contributed by atoms with Gasteiger partial charge in [0.15, 0.2) is 0 Å². The van der Waals surface area contributed by atoms with Crippen molar-refractivity contribution < 1.29 is 0 Å². The SMILES string of the molecule is CC(C1CC1)N(C)c1cc(Br)ccc1CNC(C)(C)C.